The molecule has 0 radical (unpaired) electrons. The van der Waals surface area contributed by atoms with Crippen molar-refractivity contribution >= 4 is 34.6 Å². The van der Waals surface area contributed by atoms with Crippen molar-refractivity contribution in [3.63, 3.8) is 0 Å². The van der Waals surface area contributed by atoms with Crippen molar-refractivity contribution in [1.82, 2.24) is 14.9 Å². The van der Waals surface area contributed by atoms with Gasteiger partial charge in [0, 0.05) is 6.54 Å². The lowest BCUT2D eigenvalue weighted by atomic mass is 10.1. The molecule has 8 heteroatoms. The third-order valence-corrected chi connectivity index (χ3v) is 5.63. The van der Waals surface area contributed by atoms with Crippen molar-refractivity contribution in [2.75, 3.05) is 0 Å². The number of fused-ring (bicyclic) bond motifs is 1. The van der Waals surface area contributed by atoms with Crippen LogP contribution >= 0.6 is 11.8 Å². The van der Waals surface area contributed by atoms with Crippen molar-refractivity contribution in [1.29, 1.82) is 0 Å². The lowest BCUT2D eigenvalue weighted by Gasteiger charge is -2.21. The Balaban J connectivity index is 2.50. The zero-order valence-corrected chi connectivity index (χ0v) is 16.9. The van der Waals surface area contributed by atoms with Crippen molar-refractivity contribution < 1.29 is 9.59 Å². The summed E-state index contributed by atoms with van der Waals surface area (Å²) in [7, 11) is 0. The van der Waals surface area contributed by atoms with E-state index in [1.54, 1.807) is 16.7 Å². The predicted octanol–water partition coefficient (Wildman–Crippen LogP) is 2.75. The van der Waals surface area contributed by atoms with E-state index in [-0.39, 0.29) is 11.5 Å². The minimum atomic E-state index is -0.894. The molecule has 1 atom stereocenters. The van der Waals surface area contributed by atoms with E-state index < -0.39 is 17.2 Å². The van der Waals surface area contributed by atoms with Crippen LogP contribution in [0.4, 0.5) is 4.79 Å². The third-order valence-electron chi connectivity index (χ3n) is 4.10. The van der Waals surface area contributed by atoms with Gasteiger partial charge in [0.2, 0.25) is 5.91 Å². The number of carbonyl (C=O) groups excluding carboxylic acids is 2. The van der Waals surface area contributed by atoms with E-state index in [9.17, 15) is 14.4 Å². The van der Waals surface area contributed by atoms with E-state index in [4.69, 9.17) is 5.73 Å². The molecule has 2 rings (SSSR count). The SMILES string of the molecule is CC(C)CCn1c(S[C@@H](C(=O)NC(N)=O)C(C)C)nc2ccccc2c1=O. The maximum absolute atomic E-state index is 13.0. The van der Waals surface area contributed by atoms with Crippen LogP contribution < -0.4 is 16.6 Å². The van der Waals surface area contributed by atoms with Crippen LogP contribution in [-0.4, -0.2) is 26.7 Å². The summed E-state index contributed by atoms with van der Waals surface area (Å²) in [6.07, 6.45) is 0.813. The summed E-state index contributed by atoms with van der Waals surface area (Å²) in [5.41, 5.74) is 5.55. The highest BCUT2D eigenvalue weighted by atomic mass is 32.2. The van der Waals surface area contributed by atoms with Crippen LogP contribution in [0, 0.1) is 11.8 Å². The van der Waals surface area contributed by atoms with Gasteiger partial charge in [-0.2, -0.15) is 0 Å². The summed E-state index contributed by atoms with van der Waals surface area (Å²) in [6.45, 7) is 8.43. The molecule has 0 unspecified atom stereocenters. The van der Waals surface area contributed by atoms with Crippen molar-refractivity contribution in [2.45, 2.75) is 51.1 Å². The van der Waals surface area contributed by atoms with Gasteiger partial charge >= 0.3 is 6.03 Å². The molecule has 146 valence electrons. The van der Waals surface area contributed by atoms with Crippen LogP contribution in [0.2, 0.25) is 0 Å². The van der Waals surface area contributed by atoms with Crippen LogP contribution in [-0.2, 0) is 11.3 Å². The van der Waals surface area contributed by atoms with Gasteiger partial charge in [-0.3, -0.25) is 19.5 Å². The van der Waals surface area contributed by atoms with Crippen LogP contribution in [0.5, 0.6) is 0 Å². The second-order valence-electron chi connectivity index (χ2n) is 7.19. The molecule has 1 heterocycles. The van der Waals surface area contributed by atoms with Gasteiger partial charge < -0.3 is 5.73 Å². The van der Waals surface area contributed by atoms with E-state index in [1.807, 2.05) is 26.0 Å². The Bertz CT molecular complexity index is 892. The molecule has 3 amide bonds. The number of para-hydroxylation sites is 1. The molecule has 0 saturated heterocycles. The zero-order chi connectivity index (χ0) is 20.1. The molecule has 2 aromatic rings. The monoisotopic (exact) mass is 390 g/mol. The number of aromatic nitrogens is 2. The number of amides is 3. The molecule has 0 aliphatic rings. The summed E-state index contributed by atoms with van der Waals surface area (Å²) in [4.78, 5) is 41.1. The average Bonchev–Trinajstić information content (AvgIpc) is 2.58. The molecule has 0 saturated carbocycles. The predicted molar refractivity (Wildman–Crippen MR) is 108 cm³/mol. The smallest absolute Gasteiger partial charge is 0.318 e. The second kappa shape index (κ2) is 9.03. The molecule has 27 heavy (non-hydrogen) atoms. The van der Waals surface area contributed by atoms with E-state index in [2.05, 4.69) is 24.1 Å². The Morgan fingerprint density at radius 1 is 1.22 bits per heavy atom. The molecule has 3 N–H and O–H groups in total. The summed E-state index contributed by atoms with van der Waals surface area (Å²) in [5, 5.41) is 2.55. The minimum Gasteiger partial charge on any atom is -0.351 e. The standard InChI is InChI=1S/C19H26N4O3S/c1-11(2)9-10-23-17(25)13-7-5-6-8-14(13)21-19(23)27-15(12(3)4)16(24)22-18(20)26/h5-8,11-12,15H,9-10H2,1-4H3,(H3,20,22,24,26)/t15-/m1/s1. The topological polar surface area (TPSA) is 107 Å². The number of carbonyl (C=O) groups is 2. The number of urea groups is 1. The van der Waals surface area contributed by atoms with E-state index in [0.717, 1.165) is 6.42 Å². The van der Waals surface area contributed by atoms with Gasteiger partial charge in [0.1, 0.15) is 0 Å². The fraction of sp³-hybridized carbons (Fsp3) is 0.474. The normalized spacial score (nSPS) is 12.5. The third kappa shape index (κ3) is 5.32. The van der Waals surface area contributed by atoms with E-state index in [1.165, 1.54) is 11.8 Å². The first kappa shape index (κ1) is 21.0. The van der Waals surface area contributed by atoms with Gasteiger partial charge in [-0.25, -0.2) is 9.78 Å². The van der Waals surface area contributed by atoms with E-state index >= 15 is 0 Å². The number of benzene rings is 1. The van der Waals surface area contributed by atoms with Crippen LogP contribution in [0.3, 0.4) is 0 Å². The highest BCUT2D eigenvalue weighted by Crippen LogP contribution is 2.28. The first-order valence-electron chi connectivity index (χ1n) is 8.97. The summed E-state index contributed by atoms with van der Waals surface area (Å²) in [5.74, 6) is -0.156. The summed E-state index contributed by atoms with van der Waals surface area (Å²) in [6, 6.07) is 6.27. The van der Waals surface area contributed by atoms with E-state index in [0.29, 0.717) is 28.5 Å². The number of rotatable bonds is 7. The minimum absolute atomic E-state index is 0.0868. The first-order valence-corrected chi connectivity index (χ1v) is 9.85. The quantitative estimate of drug-likeness (QED) is 0.558. The molecule has 0 fully saturated rings. The Kier molecular flexibility index (Phi) is 7.01. The fourth-order valence-electron chi connectivity index (χ4n) is 2.62. The van der Waals surface area contributed by atoms with Crippen LogP contribution in [0.1, 0.15) is 34.1 Å². The molecule has 0 aliphatic heterocycles. The van der Waals surface area contributed by atoms with Gasteiger partial charge in [-0.05, 0) is 30.4 Å². The Morgan fingerprint density at radius 2 is 1.89 bits per heavy atom. The highest BCUT2D eigenvalue weighted by Gasteiger charge is 2.27. The number of imide groups is 1. The number of nitrogens with two attached hydrogens (primary N) is 1. The van der Waals surface area contributed by atoms with Crippen LogP contribution in [0.25, 0.3) is 10.9 Å². The largest absolute Gasteiger partial charge is 0.351 e. The zero-order valence-electron chi connectivity index (χ0n) is 16.1. The van der Waals surface area contributed by atoms with Gasteiger partial charge in [0.25, 0.3) is 5.56 Å². The number of thioether (sulfide) groups is 1. The Labute approximate surface area is 162 Å². The Morgan fingerprint density at radius 3 is 2.48 bits per heavy atom. The number of hydrogen-bond acceptors (Lipinski definition) is 5. The van der Waals surface area contributed by atoms with Crippen molar-refractivity contribution in [2.24, 2.45) is 17.6 Å². The average molecular weight is 391 g/mol. The van der Waals surface area contributed by atoms with Crippen molar-refractivity contribution in [3.05, 3.63) is 34.6 Å². The first-order chi connectivity index (χ1) is 12.7. The molecular formula is C19H26N4O3S. The van der Waals surface area contributed by atoms with Gasteiger partial charge in [0.15, 0.2) is 5.16 Å². The van der Waals surface area contributed by atoms with Gasteiger partial charge in [-0.1, -0.05) is 51.6 Å². The summed E-state index contributed by atoms with van der Waals surface area (Å²) >= 11 is 1.19. The molecule has 0 spiro atoms. The molecule has 1 aromatic carbocycles. The number of hydrogen-bond donors (Lipinski definition) is 2. The number of nitrogens with one attached hydrogen (secondary N) is 1. The lowest BCUT2D eigenvalue weighted by Crippen LogP contribution is -2.42. The summed E-state index contributed by atoms with van der Waals surface area (Å²) < 4.78 is 1.62. The second-order valence-corrected chi connectivity index (χ2v) is 8.30. The van der Waals surface area contributed by atoms with Gasteiger partial charge in [0.05, 0.1) is 16.2 Å². The lowest BCUT2D eigenvalue weighted by molar-refractivity contribution is -0.120. The Hall–Kier alpha value is -2.35. The fourth-order valence-corrected chi connectivity index (χ4v) is 3.74. The van der Waals surface area contributed by atoms with Crippen LogP contribution in [0.15, 0.2) is 34.2 Å². The number of primary amides is 1. The molecule has 0 bridgehead atoms. The highest BCUT2D eigenvalue weighted by molar-refractivity contribution is 8.00. The maximum Gasteiger partial charge on any atom is 0.318 e. The molecule has 7 nitrogen and oxygen atoms in total. The van der Waals surface area contributed by atoms with Gasteiger partial charge in [-0.15, -0.1) is 0 Å². The number of nitrogens with zero attached hydrogens (tertiary/aromatic N) is 2. The van der Waals surface area contributed by atoms with Crippen molar-refractivity contribution in [3.8, 4) is 0 Å². The molecule has 1 aromatic heterocycles. The maximum atomic E-state index is 13.0. The molecular weight excluding hydrogens is 364 g/mol. The molecule has 0 aliphatic carbocycles.